The Kier molecular flexibility index (Phi) is 7.94. The number of amides is 1. The van der Waals surface area contributed by atoms with Crippen molar-refractivity contribution in [1.29, 1.82) is 0 Å². The maximum Gasteiger partial charge on any atom is 0.253 e. The standard InChI is InChI=1S/C27H36ClN3O2/c1-19-20(2)26(33-17-5-14-29-3)13-12-24(19)25-7-4-6-23-18-30(15-16-31(23)25)27(32)21-8-10-22(28)11-9-21/h8-13,23,25,29H,4-7,14-18H2,1-3H3/t23-,25?/m0/s1. The minimum absolute atomic E-state index is 0.111. The number of rotatable bonds is 7. The number of carbonyl (C=O) groups excluding carboxylic acids is 1. The van der Waals surface area contributed by atoms with E-state index in [0.29, 0.717) is 17.1 Å². The molecule has 0 spiro atoms. The van der Waals surface area contributed by atoms with Gasteiger partial charge in [0.25, 0.3) is 5.91 Å². The quantitative estimate of drug-likeness (QED) is 0.580. The Morgan fingerprint density at radius 2 is 1.88 bits per heavy atom. The van der Waals surface area contributed by atoms with Crippen LogP contribution < -0.4 is 10.1 Å². The van der Waals surface area contributed by atoms with E-state index < -0.39 is 0 Å². The van der Waals surface area contributed by atoms with Crippen LogP contribution in [0.3, 0.4) is 0 Å². The number of halogens is 1. The molecule has 2 aromatic rings. The first-order chi connectivity index (χ1) is 16.0. The van der Waals surface area contributed by atoms with Crippen LogP contribution in [0.1, 0.15) is 58.8 Å². The summed E-state index contributed by atoms with van der Waals surface area (Å²) in [4.78, 5) is 17.7. The fraction of sp³-hybridized carbons (Fsp3) is 0.519. The predicted octanol–water partition coefficient (Wildman–Crippen LogP) is 5.00. The van der Waals surface area contributed by atoms with Gasteiger partial charge in [0, 0.05) is 42.3 Å². The summed E-state index contributed by atoms with van der Waals surface area (Å²) >= 11 is 6.00. The largest absolute Gasteiger partial charge is 0.493 e. The number of hydrogen-bond acceptors (Lipinski definition) is 4. The number of hydrogen-bond donors (Lipinski definition) is 1. The van der Waals surface area contributed by atoms with Gasteiger partial charge in [-0.05, 0) is 100 Å². The summed E-state index contributed by atoms with van der Waals surface area (Å²) in [6.07, 6.45) is 4.51. The van der Waals surface area contributed by atoms with Crippen LogP contribution in [0.4, 0.5) is 0 Å². The van der Waals surface area contributed by atoms with E-state index in [1.807, 2.05) is 24.1 Å². The van der Waals surface area contributed by atoms with Gasteiger partial charge in [0.2, 0.25) is 0 Å². The number of nitrogens with zero attached hydrogens (tertiary/aromatic N) is 2. The van der Waals surface area contributed by atoms with Crippen LogP contribution in [0.5, 0.6) is 5.75 Å². The van der Waals surface area contributed by atoms with E-state index in [1.54, 1.807) is 12.1 Å². The number of fused-ring (bicyclic) bond motifs is 1. The van der Waals surface area contributed by atoms with Crippen LogP contribution in [0.15, 0.2) is 36.4 Å². The van der Waals surface area contributed by atoms with Crippen LogP contribution in [-0.2, 0) is 0 Å². The summed E-state index contributed by atoms with van der Waals surface area (Å²) in [5, 5.41) is 3.82. The van der Waals surface area contributed by atoms with Gasteiger partial charge in [0.05, 0.1) is 6.61 Å². The first kappa shape index (κ1) is 24.1. The lowest BCUT2D eigenvalue weighted by Crippen LogP contribution is -2.57. The van der Waals surface area contributed by atoms with Gasteiger partial charge in [-0.25, -0.2) is 0 Å². The van der Waals surface area contributed by atoms with Crippen molar-refractivity contribution in [2.75, 3.05) is 39.8 Å². The Morgan fingerprint density at radius 1 is 1.09 bits per heavy atom. The molecule has 0 saturated carbocycles. The van der Waals surface area contributed by atoms with Crippen molar-refractivity contribution in [2.24, 2.45) is 0 Å². The molecule has 178 valence electrons. The topological polar surface area (TPSA) is 44.8 Å². The molecule has 1 unspecified atom stereocenters. The van der Waals surface area contributed by atoms with Crippen LogP contribution in [0.25, 0.3) is 0 Å². The molecule has 2 aliphatic heterocycles. The van der Waals surface area contributed by atoms with Crippen molar-refractivity contribution in [1.82, 2.24) is 15.1 Å². The molecule has 5 nitrogen and oxygen atoms in total. The van der Waals surface area contributed by atoms with E-state index in [0.717, 1.165) is 56.9 Å². The maximum atomic E-state index is 13.0. The van der Waals surface area contributed by atoms with Gasteiger partial charge in [-0.2, -0.15) is 0 Å². The summed E-state index contributed by atoms with van der Waals surface area (Å²) in [6.45, 7) is 8.57. The van der Waals surface area contributed by atoms with Crippen molar-refractivity contribution in [3.63, 3.8) is 0 Å². The Bertz CT molecular complexity index is 963. The average Bonchev–Trinajstić information content (AvgIpc) is 2.84. The van der Waals surface area contributed by atoms with Crippen LogP contribution in [-0.4, -0.2) is 61.6 Å². The van der Waals surface area contributed by atoms with Gasteiger partial charge in [-0.1, -0.05) is 17.7 Å². The molecule has 2 aromatic carbocycles. The molecule has 2 atom stereocenters. The highest BCUT2D eigenvalue weighted by molar-refractivity contribution is 6.30. The third kappa shape index (κ3) is 5.37. The molecule has 2 saturated heterocycles. The number of piperidine rings is 1. The van der Waals surface area contributed by atoms with E-state index in [2.05, 4.69) is 36.2 Å². The monoisotopic (exact) mass is 469 g/mol. The number of piperazine rings is 1. The SMILES string of the molecule is CNCCCOc1ccc(C2CCC[C@H]3CN(C(=O)c4ccc(Cl)cc4)CCN23)c(C)c1C. The second-order valence-corrected chi connectivity index (χ2v) is 9.74. The van der Waals surface area contributed by atoms with Gasteiger partial charge in [-0.15, -0.1) is 0 Å². The van der Waals surface area contributed by atoms with Gasteiger partial charge in [-0.3, -0.25) is 9.69 Å². The van der Waals surface area contributed by atoms with Crippen LogP contribution in [0.2, 0.25) is 5.02 Å². The fourth-order valence-corrected chi connectivity index (χ4v) is 5.43. The molecule has 2 fully saturated rings. The van der Waals surface area contributed by atoms with Gasteiger partial charge < -0.3 is 15.0 Å². The second-order valence-electron chi connectivity index (χ2n) is 9.30. The summed E-state index contributed by atoms with van der Waals surface area (Å²) in [5.74, 6) is 1.11. The summed E-state index contributed by atoms with van der Waals surface area (Å²) in [7, 11) is 1.97. The molecule has 0 radical (unpaired) electrons. The van der Waals surface area contributed by atoms with E-state index in [1.165, 1.54) is 29.5 Å². The molecule has 4 rings (SSSR count). The number of ether oxygens (including phenoxy) is 1. The molecule has 6 heteroatoms. The molecule has 0 bridgehead atoms. The second kappa shape index (κ2) is 10.9. The summed E-state index contributed by atoms with van der Waals surface area (Å²) < 4.78 is 6.05. The molecule has 0 aliphatic carbocycles. The highest BCUT2D eigenvalue weighted by atomic mass is 35.5. The smallest absolute Gasteiger partial charge is 0.253 e. The highest BCUT2D eigenvalue weighted by Crippen LogP contribution is 2.39. The molecule has 2 heterocycles. The molecule has 1 N–H and O–H groups in total. The molecule has 0 aromatic heterocycles. The van der Waals surface area contributed by atoms with Crippen LogP contribution >= 0.6 is 11.6 Å². The Hall–Kier alpha value is -2.08. The first-order valence-electron chi connectivity index (χ1n) is 12.2. The first-order valence-corrected chi connectivity index (χ1v) is 12.6. The zero-order chi connectivity index (χ0) is 23.4. The minimum Gasteiger partial charge on any atom is -0.493 e. The number of carbonyl (C=O) groups is 1. The maximum absolute atomic E-state index is 13.0. The Morgan fingerprint density at radius 3 is 2.64 bits per heavy atom. The fourth-order valence-electron chi connectivity index (χ4n) is 5.31. The molecular formula is C27H36ClN3O2. The predicted molar refractivity (Wildman–Crippen MR) is 134 cm³/mol. The lowest BCUT2D eigenvalue weighted by Gasteiger charge is -2.48. The summed E-state index contributed by atoms with van der Waals surface area (Å²) in [6, 6.07) is 12.5. The number of nitrogens with one attached hydrogen (secondary N) is 1. The van der Waals surface area contributed by atoms with Crippen molar-refractivity contribution in [2.45, 2.75) is 51.6 Å². The lowest BCUT2D eigenvalue weighted by molar-refractivity contribution is 0.0101. The Labute approximate surface area is 203 Å². The molecule has 2 aliphatic rings. The number of benzene rings is 2. The van der Waals surface area contributed by atoms with E-state index >= 15 is 0 Å². The van der Waals surface area contributed by atoms with Crippen molar-refractivity contribution >= 4 is 17.5 Å². The van der Waals surface area contributed by atoms with Crippen molar-refractivity contribution < 1.29 is 9.53 Å². The van der Waals surface area contributed by atoms with Crippen molar-refractivity contribution in [3.8, 4) is 5.75 Å². The Balaban J connectivity index is 1.45. The van der Waals surface area contributed by atoms with Gasteiger partial charge in [0.15, 0.2) is 0 Å². The summed E-state index contributed by atoms with van der Waals surface area (Å²) in [5.41, 5.74) is 4.72. The average molecular weight is 470 g/mol. The van der Waals surface area contributed by atoms with E-state index in [-0.39, 0.29) is 5.91 Å². The molecule has 33 heavy (non-hydrogen) atoms. The lowest BCUT2D eigenvalue weighted by atomic mass is 9.86. The minimum atomic E-state index is 0.111. The molecule has 1 amide bonds. The third-order valence-corrected chi connectivity index (χ3v) is 7.54. The van der Waals surface area contributed by atoms with Crippen molar-refractivity contribution in [3.05, 3.63) is 63.7 Å². The third-order valence-electron chi connectivity index (χ3n) is 7.29. The van der Waals surface area contributed by atoms with E-state index in [4.69, 9.17) is 16.3 Å². The van der Waals surface area contributed by atoms with Gasteiger partial charge in [0.1, 0.15) is 5.75 Å². The molecular weight excluding hydrogens is 434 g/mol. The normalized spacial score (nSPS) is 21.0. The zero-order valence-corrected chi connectivity index (χ0v) is 20.8. The zero-order valence-electron chi connectivity index (χ0n) is 20.1. The highest BCUT2D eigenvalue weighted by Gasteiger charge is 2.37. The van der Waals surface area contributed by atoms with E-state index in [9.17, 15) is 4.79 Å². The van der Waals surface area contributed by atoms with Gasteiger partial charge >= 0.3 is 0 Å². The van der Waals surface area contributed by atoms with Crippen LogP contribution in [0, 0.1) is 13.8 Å².